The molecule has 65 heavy (non-hydrogen) atoms. The molecule has 2 aromatic heterocycles. The number of imide groups is 1. The van der Waals surface area contributed by atoms with E-state index in [4.69, 9.17) is 23.5 Å². The molecule has 3 aliphatic heterocycles. The number of hydrogen-bond acceptors (Lipinski definition) is 13. The average molecular weight is 892 g/mol. The molecule has 4 aliphatic rings. The molecule has 19 nitrogen and oxygen atoms in total. The van der Waals surface area contributed by atoms with Crippen molar-refractivity contribution in [3.05, 3.63) is 112 Å². The number of carbonyl (C=O) groups excluding carboxylic acids is 5. The second kappa shape index (κ2) is 20.5. The van der Waals surface area contributed by atoms with Crippen LogP contribution in [0.3, 0.4) is 0 Å². The molecule has 5 heterocycles. The van der Waals surface area contributed by atoms with Crippen molar-refractivity contribution in [3.63, 3.8) is 0 Å². The molecule has 1 aliphatic carbocycles. The average Bonchev–Trinajstić information content (AvgIpc) is 4.00. The van der Waals surface area contributed by atoms with Gasteiger partial charge >= 0.3 is 6.03 Å². The number of urea groups is 1. The zero-order valence-corrected chi connectivity index (χ0v) is 36.7. The largest absolute Gasteiger partial charge is 0.377 e. The van der Waals surface area contributed by atoms with E-state index in [1.54, 1.807) is 27.8 Å². The molecule has 3 atom stereocenters. The maximum Gasteiger partial charge on any atom is 0.324 e. The van der Waals surface area contributed by atoms with Gasteiger partial charge in [-0.25, -0.2) is 9.48 Å². The number of fused-ring (bicyclic) bond motifs is 2. The molecule has 342 valence electrons. The van der Waals surface area contributed by atoms with E-state index in [-0.39, 0.29) is 75.6 Å². The van der Waals surface area contributed by atoms with Crippen molar-refractivity contribution in [1.29, 1.82) is 0 Å². The highest BCUT2D eigenvalue weighted by Crippen LogP contribution is 2.47. The highest BCUT2D eigenvalue weighted by Gasteiger charge is 2.45. The van der Waals surface area contributed by atoms with Crippen LogP contribution in [0.25, 0.3) is 5.57 Å². The highest BCUT2D eigenvalue weighted by molar-refractivity contribution is 6.06. The van der Waals surface area contributed by atoms with Crippen molar-refractivity contribution in [2.45, 2.75) is 64.8 Å². The first-order valence-electron chi connectivity index (χ1n) is 21.8. The Labute approximate surface area is 375 Å². The van der Waals surface area contributed by atoms with Crippen LogP contribution < -0.4 is 10.6 Å². The van der Waals surface area contributed by atoms with Gasteiger partial charge in [0.15, 0.2) is 0 Å². The van der Waals surface area contributed by atoms with Crippen LogP contribution in [0.15, 0.2) is 77.1 Å². The van der Waals surface area contributed by atoms with E-state index in [1.807, 2.05) is 56.3 Å². The minimum atomic E-state index is -0.742. The molecule has 0 bridgehead atoms. The van der Waals surface area contributed by atoms with Crippen molar-refractivity contribution in [1.82, 2.24) is 40.2 Å². The number of hydrogen-bond donors (Lipinski definition) is 2. The van der Waals surface area contributed by atoms with Gasteiger partial charge in [-0.3, -0.25) is 24.5 Å². The Kier molecular flexibility index (Phi) is 14.2. The summed E-state index contributed by atoms with van der Waals surface area (Å²) in [5.74, 6) is -0.786. The summed E-state index contributed by atoms with van der Waals surface area (Å²) in [6.07, 6.45) is 7.10. The van der Waals surface area contributed by atoms with Gasteiger partial charge in [0.05, 0.1) is 77.3 Å². The van der Waals surface area contributed by atoms with Crippen LogP contribution in [0.4, 0.5) is 10.5 Å². The number of aryl methyl sites for hydroxylation is 2. The summed E-state index contributed by atoms with van der Waals surface area (Å²) in [7, 11) is 1.82. The standard InChI is InChI=1S/C46H53N9O10/c1-29-42(30(2)65-50-29)32-12-13-38-35(24-32)43(31-8-5-4-6-9-31)55(46(60)52(38)3)26-33-25-53(51-49-33)16-17-61-18-19-62-20-21-63-22-23-64-28-41(57)47-37-11-7-10-34-36(37)27-54(45(34)59)39-14-15-40(56)48-44(39)58/h4-13,25,35,39,43H,14-24,26-28H2,1-3H3,(H,47,57)(H,48,56,58). The van der Waals surface area contributed by atoms with Crippen molar-refractivity contribution in [2.24, 2.45) is 5.92 Å². The van der Waals surface area contributed by atoms with Gasteiger partial charge in [-0.2, -0.15) is 0 Å². The third kappa shape index (κ3) is 10.2. The predicted molar refractivity (Wildman–Crippen MR) is 232 cm³/mol. The number of ether oxygens (including phenoxy) is 4. The number of nitrogens with zero attached hydrogens (tertiary/aromatic N) is 7. The molecular weight excluding hydrogens is 839 g/mol. The quantitative estimate of drug-likeness (QED) is 0.0952. The number of aromatic nitrogens is 4. The lowest BCUT2D eigenvalue weighted by molar-refractivity contribution is -0.137. The van der Waals surface area contributed by atoms with Crippen LogP contribution in [0.2, 0.25) is 0 Å². The van der Waals surface area contributed by atoms with Crippen molar-refractivity contribution >= 4 is 40.9 Å². The molecule has 19 heteroatoms. The minimum Gasteiger partial charge on any atom is -0.377 e. The molecule has 8 rings (SSSR count). The van der Waals surface area contributed by atoms with Gasteiger partial charge in [0, 0.05) is 54.0 Å². The van der Waals surface area contributed by atoms with E-state index in [2.05, 4.69) is 44.3 Å². The maximum absolute atomic E-state index is 14.0. The third-order valence-electron chi connectivity index (χ3n) is 12.0. The van der Waals surface area contributed by atoms with Crippen LogP contribution in [0.5, 0.6) is 0 Å². The first-order valence-corrected chi connectivity index (χ1v) is 21.8. The van der Waals surface area contributed by atoms with Crippen molar-refractivity contribution in [3.8, 4) is 0 Å². The lowest BCUT2D eigenvalue weighted by atomic mass is 9.78. The van der Waals surface area contributed by atoms with Gasteiger partial charge in [0.2, 0.25) is 17.7 Å². The zero-order valence-electron chi connectivity index (χ0n) is 36.7. The SMILES string of the molecule is Cc1noc(C)c1C1=CC=C2C(C1)C(c1ccccc1)N(Cc1cn(CCOCCOCCOCCOCC(=O)Nc3cccc4c3CN(C3CCC(=O)NC3=O)C4=O)nn1)C(=O)N2C. The summed E-state index contributed by atoms with van der Waals surface area (Å²) >= 11 is 0. The Morgan fingerprint density at radius 3 is 2.37 bits per heavy atom. The smallest absolute Gasteiger partial charge is 0.324 e. The first kappa shape index (κ1) is 45.0. The fraction of sp³-hybridized carbons (Fsp3) is 0.435. The van der Waals surface area contributed by atoms with E-state index in [0.29, 0.717) is 68.5 Å². The summed E-state index contributed by atoms with van der Waals surface area (Å²) in [5, 5.41) is 18.0. The van der Waals surface area contributed by atoms with Crippen molar-refractivity contribution < 1.29 is 47.4 Å². The van der Waals surface area contributed by atoms with Crippen LogP contribution in [0.1, 0.15) is 69.5 Å². The Balaban J connectivity index is 0.705. The molecule has 2 fully saturated rings. The van der Waals surface area contributed by atoms with Gasteiger partial charge in [-0.05, 0) is 56.0 Å². The maximum atomic E-state index is 14.0. The molecule has 0 saturated carbocycles. The molecule has 2 aromatic carbocycles. The number of allylic oxidation sites excluding steroid dienone is 3. The van der Waals surface area contributed by atoms with E-state index in [0.717, 1.165) is 33.9 Å². The Morgan fingerprint density at radius 1 is 0.908 bits per heavy atom. The topological polar surface area (TPSA) is 213 Å². The van der Waals surface area contributed by atoms with E-state index >= 15 is 0 Å². The van der Waals surface area contributed by atoms with Crippen LogP contribution in [-0.2, 0) is 53.0 Å². The number of rotatable bonds is 20. The van der Waals surface area contributed by atoms with Gasteiger partial charge < -0.3 is 43.5 Å². The Hall–Kier alpha value is -6.54. The molecular formula is C46H53N9O10. The number of amides is 6. The highest BCUT2D eigenvalue weighted by atomic mass is 16.6. The summed E-state index contributed by atoms with van der Waals surface area (Å²) in [5.41, 5.74) is 7.17. The van der Waals surface area contributed by atoms with E-state index < -0.39 is 17.9 Å². The van der Waals surface area contributed by atoms with Gasteiger partial charge in [0.25, 0.3) is 5.91 Å². The molecule has 2 N–H and O–H groups in total. The predicted octanol–water partition coefficient (Wildman–Crippen LogP) is 3.95. The first-order chi connectivity index (χ1) is 31.6. The van der Waals surface area contributed by atoms with E-state index in [1.165, 1.54) is 4.90 Å². The lowest BCUT2D eigenvalue weighted by Gasteiger charge is -2.48. The Bertz CT molecular complexity index is 2440. The summed E-state index contributed by atoms with van der Waals surface area (Å²) in [6.45, 7) is 6.86. The third-order valence-corrected chi connectivity index (χ3v) is 12.0. The van der Waals surface area contributed by atoms with Crippen LogP contribution >= 0.6 is 0 Å². The number of benzene rings is 2. The van der Waals surface area contributed by atoms with E-state index in [9.17, 15) is 24.0 Å². The Morgan fingerprint density at radius 2 is 1.65 bits per heavy atom. The second-order valence-corrected chi connectivity index (χ2v) is 16.3. The number of anilines is 1. The monoisotopic (exact) mass is 891 g/mol. The fourth-order valence-electron chi connectivity index (χ4n) is 8.91. The lowest BCUT2D eigenvalue weighted by Crippen LogP contribution is -2.52. The number of nitrogens with one attached hydrogen (secondary N) is 2. The summed E-state index contributed by atoms with van der Waals surface area (Å²) < 4.78 is 29.6. The number of piperidine rings is 1. The molecule has 6 amide bonds. The van der Waals surface area contributed by atoms with Gasteiger partial charge in [-0.1, -0.05) is 52.8 Å². The summed E-state index contributed by atoms with van der Waals surface area (Å²) in [6, 6.07) is 14.1. The zero-order chi connectivity index (χ0) is 45.5. The molecule has 3 unspecified atom stereocenters. The minimum absolute atomic E-state index is 0.00501. The van der Waals surface area contributed by atoms with Crippen LogP contribution in [0, 0.1) is 19.8 Å². The second-order valence-electron chi connectivity index (χ2n) is 16.3. The normalized spacial score (nSPS) is 19.6. The van der Waals surface area contributed by atoms with Crippen LogP contribution in [-0.4, -0.2) is 130 Å². The van der Waals surface area contributed by atoms with Gasteiger partial charge in [-0.15, -0.1) is 5.10 Å². The van der Waals surface area contributed by atoms with Gasteiger partial charge in [0.1, 0.15) is 24.1 Å². The fourth-order valence-corrected chi connectivity index (χ4v) is 8.91. The summed E-state index contributed by atoms with van der Waals surface area (Å²) in [4.78, 5) is 68.7. The van der Waals surface area contributed by atoms with Crippen molar-refractivity contribution in [2.75, 3.05) is 65.2 Å². The molecule has 0 radical (unpaired) electrons. The number of carbonyl (C=O) groups is 5. The molecule has 4 aromatic rings. The molecule has 0 spiro atoms. The molecule has 2 saturated heterocycles.